The number of carbonyl (C=O) groups is 2. The van der Waals surface area contributed by atoms with Gasteiger partial charge in [-0.1, -0.05) is 0 Å². The highest BCUT2D eigenvalue weighted by molar-refractivity contribution is 5.81. The Morgan fingerprint density at radius 1 is 1.40 bits per heavy atom. The van der Waals surface area contributed by atoms with Crippen molar-refractivity contribution in [3.8, 4) is 0 Å². The average molecular weight is 213 g/mol. The Balaban J connectivity index is 1.70. The van der Waals surface area contributed by atoms with Gasteiger partial charge in [-0.2, -0.15) is 0 Å². The SMILES string of the molecule is O=C1CC(NC(=O)NC2CCOC2)CN1. The fourth-order valence-electron chi connectivity index (χ4n) is 1.77. The van der Waals surface area contributed by atoms with Crippen molar-refractivity contribution in [3.63, 3.8) is 0 Å². The first-order valence-corrected chi connectivity index (χ1v) is 5.15. The van der Waals surface area contributed by atoms with Gasteiger partial charge in [0.05, 0.1) is 18.7 Å². The summed E-state index contributed by atoms with van der Waals surface area (Å²) in [6.07, 6.45) is 1.23. The fraction of sp³-hybridized carbons (Fsp3) is 0.778. The third kappa shape index (κ3) is 2.82. The number of urea groups is 1. The van der Waals surface area contributed by atoms with Crippen LogP contribution >= 0.6 is 0 Å². The molecule has 2 atom stereocenters. The highest BCUT2D eigenvalue weighted by Gasteiger charge is 2.24. The molecular weight excluding hydrogens is 198 g/mol. The van der Waals surface area contributed by atoms with Crippen molar-refractivity contribution in [3.05, 3.63) is 0 Å². The van der Waals surface area contributed by atoms with Gasteiger partial charge in [-0.25, -0.2) is 4.79 Å². The maximum atomic E-state index is 11.4. The minimum absolute atomic E-state index is 0.00972. The Labute approximate surface area is 87.7 Å². The first kappa shape index (κ1) is 10.2. The molecule has 2 heterocycles. The number of ether oxygens (including phenoxy) is 1. The third-order valence-electron chi connectivity index (χ3n) is 2.58. The van der Waals surface area contributed by atoms with Crippen molar-refractivity contribution in [1.29, 1.82) is 0 Å². The summed E-state index contributed by atoms with van der Waals surface area (Å²) >= 11 is 0. The number of carbonyl (C=O) groups excluding carboxylic acids is 2. The van der Waals surface area contributed by atoms with Gasteiger partial charge in [0, 0.05) is 19.6 Å². The van der Waals surface area contributed by atoms with Crippen LogP contribution in [0.5, 0.6) is 0 Å². The molecule has 15 heavy (non-hydrogen) atoms. The zero-order valence-corrected chi connectivity index (χ0v) is 8.41. The quantitative estimate of drug-likeness (QED) is 0.548. The Morgan fingerprint density at radius 3 is 2.80 bits per heavy atom. The fourth-order valence-corrected chi connectivity index (χ4v) is 1.77. The molecule has 2 saturated heterocycles. The lowest BCUT2D eigenvalue weighted by molar-refractivity contribution is -0.119. The zero-order valence-electron chi connectivity index (χ0n) is 8.41. The predicted octanol–water partition coefficient (Wildman–Crippen LogP) is -1.04. The molecule has 0 spiro atoms. The van der Waals surface area contributed by atoms with E-state index in [1.54, 1.807) is 0 Å². The van der Waals surface area contributed by atoms with Gasteiger partial charge in [0.25, 0.3) is 0 Å². The average Bonchev–Trinajstić information content (AvgIpc) is 2.77. The van der Waals surface area contributed by atoms with Gasteiger partial charge in [-0.05, 0) is 6.42 Å². The Bertz CT molecular complexity index is 263. The van der Waals surface area contributed by atoms with E-state index in [0.29, 0.717) is 26.2 Å². The van der Waals surface area contributed by atoms with Gasteiger partial charge in [0.15, 0.2) is 0 Å². The smallest absolute Gasteiger partial charge is 0.315 e. The van der Waals surface area contributed by atoms with Crippen molar-refractivity contribution >= 4 is 11.9 Å². The summed E-state index contributed by atoms with van der Waals surface area (Å²) in [5, 5.41) is 8.22. The Morgan fingerprint density at radius 2 is 2.20 bits per heavy atom. The zero-order chi connectivity index (χ0) is 10.7. The van der Waals surface area contributed by atoms with Gasteiger partial charge >= 0.3 is 6.03 Å². The van der Waals surface area contributed by atoms with Crippen LogP contribution < -0.4 is 16.0 Å². The molecule has 0 aromatic rings. The molecule has 0 aromatic carbocycles. The summed E-state index contributed by atoms with van der Waals surface area (Å²) in [5.41, 5.74) is 0. The standard InChI is InChI=1S/C9H15N3O3/c13-8-3-7(4-10-8)12-9(14)11-6-1-2-15-5-6/h6-7H,1-5H2,(H,10,13)(H2,11,12,14). The molecule has 6 nitrogen and oxygen atoms in total. The second-order valence-electron chi connectivity index (χ2n) is 3.88. The van der Waals surface area contributed by atoms with Crippen LogP contribution in [-0.4, -0.2) is 43.8 Å². The molecule has 84 valence electrons. The van der Waals surface area contributed by atoms with Gasteiger partial charge in [0.1, 0.15) is 0 Å². The lowest BCUT2D eigenvalue weighted by atomic mass is 10.2. The maximum Gasteiger partial charge on any atom is 0.315 e. The van der Waals surface area contributed by atoms with Crippen LogP contribution in [0.2, 0.25) is 0 Å². The van der Waals surface area contributed by atoms with Crippen molar-refractivity contribution in [2.75, 3.05) is 19.8 Å². The van der Waals surface area contributed by atoms with E-state index < -0.39 is 0 Å². The summed E-state index contributed by atoms with van der Waals surface area (Å²) < 4.78 is 5.14. The molecule has 2 rings (SSSR count). The number of hydrogen-bond acceptors (Lipinski definition) is 3. The van der Waals surface area contributed by atoms with Gasteiger partial charge in [0.2, 0.25) is 5.91 Å². The highest BCUT2D eigenvalue weighted by Crippen LogP contribution is 2.03. The summed E-state index contributed by atoms with van der Waals surface area (Å²) in [6.45, 7) is 1.80. The van der Waals surface area contributed by atoms with Crippen molar-refractivity contribution in [2.45, 2.75) is 24.9 Å². The molecule has 2 fully saturated rings. The van der Waals surface area contributed by atoms with Crippen molar-refractivity contribution < 1.29 is 14.3 Å². The largest absolute Gasteiger partial charge is 0.379 e. The van der Waals surface area contributed by atoms with E-state index in [1.165, 1.54) is 0 Å². The summed E-state index contributed by atoms with van der Waals surface area (Å²) in [7, 11) is 0. The van der Waals surface area contributed by atoms with E-state index in [-0.39, 0.29) is 24.0 Å². The molecule has 2 aliphatic heterocycles. The molecule has 0 bridgehead atoms. The van der Waals surface area contributed by atoms with Crippen LogP contribution in [-0.2, 0) is 9.53 Å². The number of hydrogen-bond donors (Lipinski definition) is 3. The first-order chi connectivity index (χ1) is 7.24. The van der Waals surface area contributed by atoms with Crippen molar-refractivity contribution in [2.24, 2.45) is 0 Å². The van der Waals surface area contributed by atoms with E-state index in [2.05, 4.69) is 16.0 Å². The van der Waals surface area contributed by atoms with E-state index in [9.17, 15) is 9.59 Å². The molecule has 3 N–H and O–H groups in total. The van der Waals surface area contributed by atoms with Crippen LogP contribution in [0.4, 0.5) is 4.79 Å². The molecule has 0 saturated carbocycles. The molecule has 6 heteroatoms. The van der Waals surface area contributed by atoms with E-state index in [4.69, 9.17) is 4.74 Å². The molecule has 3 amide bonds. The van der Waals surface area contributed by atoms with Crippen LogP contribution in [0.15, 0.2) is 0 Å². The van der Waals surface area contributed by atoms with E-state index in [0.717, 1.165) is 6.42 Å². The van der Waals surface area contributed by atoms with Gasteiger partial charge in [-0.15, -0.1) is 0 Å². The summed E-state index contributed by atoms with van der Waals surface area (Å²) in [5.74, 6) is -0.00972. The van der Waals surface area contributed by atoms with Gasteiger partial charge in [-0.3, -0.25) is 4.79 Å². The van der Waals surface area contributed by atoms with E-state index >= 15 is 0 Å². The van der Waals surface area contributed by atoms with E-state index in [1.807, 2.05) is 0 Å². The van der Waals surface area contributed by atoms with Crippen LogP contribution in [0, 0.1) is 0 Å². The Hall–Kier alpha value is -1.30. The van der Waals surface area contributed by atoms with Crippen LogP contribution in [0.25, 0.3) is 0 Å². The summed E-state index contributed by atoms with van der Waals surface area (Å²) in [4.78, 5) is 22.3. The van der Waals surface area contributed by atoms with Crippen molar-refractivity contribution in [1.82, 2.24) is 16.0 Å². The molecule has 0 aliphatic carbocycles. The predicted molar refractivity (Wildman–Crippen MR) is 52.3 cm³/mol. The molecule has 0 radical (unpaired) electrons. The first-order valence-electron chi connectivity index (χ1n) is 5.15. The monoisotopic (exact) mass is 213 g/mol. The van der Waals surface area contributed by atoms with Crippen LogP contribution in [0.3, 0.4) is 0 Å². The normalized spacial score (nSPS) is 30.0. The number of nitrogens with one attached hydrogen (secondary N) is 3. The molecule has 2 aliphatic rings. The number of rotatable bonds is 2. The minimum Gasteiger partial charge on any atom is -0.379 e. The summed E-state index contributed by atoms with van der Waals surface area (Å²) in [6, 6.07) is -0.193. The second kappa shape index (κ2) is 4.48. The second-order valence-corrected chi connectivity index (χ2v) is 3.88. The maximum absolute atomic E-state index is 11.4. The number of amides is 3. The Kier molecular flexibility index (Phi) is 3.05. The molecule has 0 aromatic heterocycles. The minimum atomic E-state index is -0.216. The highest BCUT2D eigenvalue weighted by atomic mass is 16.5. The lowest BCUT2D eigenvalue weighted by Gasteiger charge is -2.14. The third-order valence-corrected chi connectivity index (χ3v) is 2.58. The molecule has 2 unspecified atom stereocenters. The molecular formula is C9H15N3O3. The van der Waals surface area contributed by atoms with Gasteiger partial charge < -0.3 is 20.7 Å². The van der Waals surface area contributed by atoms with Crippen LogP contribution in [0.1, 0.15) is 12.8 Å². The topological polar surface area (TPSA) is 79.5 Å². The lowest BCUT2D eigenvalue weighted by Crippen LogP contribution is -2.47.